The van der Waals surface area contributed by atoms with Gasteiger partial charge >= 0.3 is 0 Å². The number of amides is 2. The quantitative estimate of drug-likeness (QED) is 0.494. The van der Waals surface area contributed by atoms with Crippen LogP contribution in [0, 0.1) is 0 Å². The Balaban J connectivity index is 1.80. The highest BCUT2D eigenvalue weighted by atomic mass is 32.2. The van der Waals surface area contributed by atoms with Crippen LogP contribution in [0.3, 0.4) is 0 Å². The Kier molecular flexibility index (Phi) is 6.61. The van der Waals surface area contributed by atoms with Gasteiger partial charge in [-0.25, -0.2) is 8.42 Å². The molecule has 1 heterocycles. The molecule has 2 amide bonds. The average molecular weight is 491 g/mol. The summed E-state index contributed by atoms with van der Waals surface area (Å²) in [5.74, 6) is -0.580. The largest absolute Gasteiger partial charge is 0.354 e. The summed E-state index contributed by atoms with van der Waals surface area (Å²) in [5, 5.41) is 6.23. The Morgan fingerprint density at radius 2 is 1.63 bits per heavy atom. The Hall–Kier alpha value is -4.11. The first-order chi connectivity index (χ1) is 16.6. The molecule has 0 unspecified atom stereocenters. The van der Waals surface area contributed by atoms with Crippen molar-refractivity contribution in [2.24, 2.45) is 0 Å². The van der Waals surface area contributed by atoms with Crippen molar-refractivity contribution in [1.29, 1.82) is 0 Å². The van der Waals surface area contributed by atoms with Crippen LogP contribution in [0.1, 0.15) is 11.1 Å². The van der Waals surface area contributed by atoms with Crippen LogP contribution in [-0.4, -0.2) is 52.0 Å². The van der Waals surface area contributed by atoms with Crippen LogP contribution in [0.25, 0.3) is 11.3 Å². The molecule has 1 aliphatic heterocycles. The molecule has 0 bridgehead atoms. The summed E-state index contributed by atoms with van der Waals surface area (Å²) in [6.45, 7) is -0.322. The number of para-hydroxylation sites is 1. The summed E-state index contributed by atoms with van der Waals surface area (Å²) >= 11 is 0. The molecule has 35 heavy (non-hydrogen) atoms. The summed E-state index contributed by atoms with van der Waals surface area (Å²) in [6, 6.07) is 23.6. The standard InChI is InChI=1S/C26H26N4O4S/c1-29(2)23(31)17-30(35(3,33)34)20-13-9-12-19(16-20)27-25(18-10-5-4-6-11-18)24-21-14-7-8-15-22(21)28-26(24)32/h4-16,27H,17H2,1-3H3,(H,28,32)/b25-24-. The van der Waals surface area contributed by atoms with Gasteiger partial charge < -0.3 is 15.5 Å². The molecule has 0 saturated carbocycles. The summed E-state index contributed by atoms with van der Waals surface area (Å²) in [7, 11) is -0.580. The molecule has 3 aromatic rings. The molecule has 180 valence electrons. The molecule has 3 aromatic carbocycles. The average Bonchev–Trinajstić information content (AvgIpc) is 3.16. The Labute approximate surface area is 204 Å². The Bertz CT molecular complexity index is 1420. The van der Waals surface area contributed by atoms with Crippen LogP contribution in [0.4, 0.5) is 17.1 Å². The molecule has 0 aromatic heterocycles. The maximum Gasteiger partial charge on any atom is 0.258 e. The number of sulfonamides is 1. The van der Waals surface area contributed by atoms with Crippen molar-refractivity contribution in [3.63, 3.8) is 0 Å². The minimum absolute atomic E-state index is 0.233. The van der Waals surface area contributed by atoms with E-state index in [0.29, 0.717) is 22.6 Å². The first kappa shape index (κ1) is 24.0. The molecular weight excluding hydrogens is 464 g/mol. The lowest BCUT2D eigenvalue weighted by Crippen LogP contribution is -2.39. The lowest BCUT2D eigenvalue weighted by molar-refractivity contribution is -0.127. The van der Waals surface area contributed by atoms with Crippen molar-refractivity contribution in [3.05, 3.63) is 90.0 Å². The van der Waals surface area contributed by atoms with E-state index in [1.54, 1.807) is 38.4 Å². The molecule has 0 aliphatic carbocycles. The molecule has 0 fully saturated rings. The lowest BCUT2D eigenvalue weighted by atomic mass is 10.00. The number of benzene rings is 3. The Morgan fingerprint density at radius 1 is 0.943 bits per heavy atom. The zero-order valence-corrected chi connectivity index (χ0v) is 20.5. The minimum atomic E-state index is -3.73. The number of hydrogen-bond donors (Lipinski definition) is 2. The van der Waals surface area contributed by atoms with E-state index in [1.807, 2.05) is 54.6 Å². The number of carbonyl (C=O) groups is 2. The van der Waals surface area contributed by atoms with Crippen LogP contribution >= 0.6 is 0 Å². The lowest BCUT2D eigenvalue weighted by Gasteiger charge is -2.24. The van der Waals surface area contributed by atoms with Gasteiger partial charge in [-0.15, -0.1) is 0 Å². The van der Waals surface area contributed by atoms with Gasteiger partial charge in [0.05, 0.1) is 23.2 Å². The predicted octanol–water partition coefficient (Wildman–Crippen LogP) is 3.47. The number of fused-ring (bicyclic) bond motifs is 1. The highest BCUT2D eigenvalue weighted by molar-refractivity contribution is 7.92. The van der Waals surface area contributed by atoms with Crippen molar-refractivity contribution in [3.8, 4) is 0 Å². The zero-order valence-electron chi connectivity index (χ0n) is 19.6. The molecule has 0 atom stereocenters. The first-order valence-electron chi connectivity index (χ1n) is 10.9. The highest BCUT2D eigenvalue weighted by Gasteiger charge is 2.28. The van der Waals surface area contributed by atoms with Gasteiger partial charge in [-0.1, -0.05) is 54.6 Å². The topological polar surface area (TPSA) is 98.8 Å². The molecule has 0 spiro atoms. The maximum absolute atomic E-state index is 13.0. The second-order valence-electron chi connectivity index (χ2n) is 8.35. The predicted molar refractivity (Wildman–Crippen MR) is 139 cm³/mol. The number of carbonyl (C=O) groups excluding carboxylic acids is 2. The normalized spacial score (nSPS) is 14.1. The SMILES string of the molecule is CN(C)C(=O)CN(c1cccc(N/C(=C2\C(=O)Nc3ccccc32)c2ccccc2)c1)S(C)(=O)=O. The van der Waals surface area contributed by atoms with E-state index in [2.05, 4.69) is 10.6 Å². The minimum Gasteiger partial charge on any atom is -0.354 e. The first-order valence-corrected chi connectivity index (χ1v) is 12.8. The zero-order chi connectivity index (χ0) is 25.2. The van der Waals surface area contributed by atoms with Gasteiger partial charge in [0.1, 0.15) is 6.54 Å². The van der Waals surface area contributed by atoms with E-state index in [9.17, 15) is 18.0 Å². The number of rotatable bonds is 7. The van der Waals surface area contributed by atoms with Crippen molar-refractivity contribution in [1.82, 2.24) is 4.90 Å². The smallest absolute Gasteiger partial charge is 0.258 e. The molecule has 0 saturated heterocycles. The van der Waals surface area contributed by atoms with Crippen LogP contribution < -0.4 is 14.9 Å². The number of hydrogen-bond acceptors (Lipinski definition) is 5. The van der Waals surface area contributed by atoms with E-state index in [4.69, 9.17) is 0 Å². The third kappa shape index (κ3) is 5.20. The summed E-state index contributed by atoms with van der Waals surface area (Å²) in [5.41, 5.74) is 4.26. The molecule has 0 radical (unpaired) electrons. The maximum atomic E-state index is 13.0. The second-order valence-corrected chi connectivity index (χ2v) is 10.3. The van der Waals surface area contributed by atoms with Crippen molar-refractivity contribution in [2.75, 3.05) is 41.8 Å². The van der Waals surface area contributed by atoms with Crippen molar-refractivity contribution >= 4 is 50.2 Å². The van der Waals surface area contributed by atoms with E-state index < -0.39 is 10.0 Å². The molecular formula is C26H26N4O4S. The van der Waals surface area contributed by atoms with Crippen LogP contribution in [0.5, 0.6) is 0 Å². The fourth-order valence-corrected chi connectivity index (χ4v) is 4.64. The molecule has 9 heteroatoms. The van der Waals surface area contributed by atoms with Gasteiger partial charge in [0.25, 0.3) is 5.91 Å². The number of anilines is 3. The van der Waals surface area contributed by atoms with Gasteiger partial charge in [-0.3, -0.25) is 13.9 Å². The summed E-state index contributed by atoms with van der Waals surface area (Å²) < 4.78 is 26.1. The fraction of sp³-hybridized carbons (Fsp3) is 0.154. The van der Waals surface area contributed by atoms with Gasteiger partial charge in [-0.05, 0) is 29.8 Å². The van der Waals surface area contributed by atoms with Crippen LogP contribution in [0.15, 0.2) is 78.9 Å². The van der Waals surface area contributed by atoms with Gasteiger partial charge in [0, 0.05) is 31.0 Å². The Morgan fingerprint density at radius 3 is 2.31 bits per heavy atom. The van der Waals surface area contributed by atoms with Crippen LogP contribution in [0.2, 0.25) is 0 Å². The van der Waals surface area contributed by atoms with Gasteiger partial charge in [0.15, 0.2) is 0 Å². The number of nitrogens with one attached hydrogen (secondary N) is 2. The molecule has 4 rings (SSSR count). The van der Waals surface area contributed by atoms with Crippen LogP contribution in [-0.2, 0) is 19.6 Å². The molecule has 2 N–H and O–H groups in total. The van der Waals surface area contributed by atoms with Crippen molar-refractivity contribution < 1.29 is 18.0 Å². The fourth-order valence-electron chi connectivity index (χ4n) is 3.80. The third-order valence-electron chi connectivity index (χ3n) is 5.57. The summed E-state index contributed by atoms with van der Waals surface area (Å²) in [6.07, 6.45) is 1.06. The van der Waals surface area contributed by atoms with E-state index in [-0.39, 0.29) is 18.4 Å². The van der Waals surface area contributed by atoms with Gasteiger partial charge in [-0.2, -0.15) is 0 Å². The van der Waals surface area contributed by atoms with Crippen molar-refractivity contribution in [2.45, 2.75) is 0 Å². The number of likely N-dealkylation sites (N-methyl/N-ethyl adjacent to an activating group) is 1. The number of nitrogens with zero attached hydrogens (tertiary/aromatic N) is 2. The monoisotopic (exact) mass is 490 g/mol. The summed E-state index contributed by atoms with van der Waals surface area (Å²) in [4.78, 5) is 26.6. The van der Waals surface area contributed by atoms with E-state index >= 15 is 0 Å². The third-order valence-corrected chi connectivity index (χ3v) is 6.71. The molecule has 8 nitrogen and oxygen atoms in total. The second kappa shape index (κ2) is 9.63. The molecule has 1 aliphatic rings. The van der Waals surface area contributed by atoms with E-state index in [0.717, 1.165) is 27.4 Å². The van der Waals surface area contributed by atoms with E-state index in [1.165, 1.54) is 4.90 Å². The van der Waals surface area contributed by atoms with Gasteiger partial charge in [0.2, 0.25) is 15.9 Å². The highest BCUT2D eigenvalue weighted by Crippen LogP contribution is 2.37.